The zero-order valence-electron chi connectivity index (χ0n) is 74.2. The molecule has 16 rings (SSSR count). The molecule has 10 N–H and O–H groups in total. The van der Waals surface area contributed by atoms with E-state index >= 15 is 0 Å². The normalized spacial score (nSPS) is 17.1. The lowest BCUT2D eigenvalue weighted by Crippen LogP contribution is -2.44. The Morgan fingerprint density at radius 2 is 0.674 bits per heavy atom. The van der Waals surface area contributed by atoms with Crippen LogP contribution in [0.25, 0.3) is 44.7 Å². The van der Waals surface area contributed by atoms with Crippen molar-refractivity contribution >= 4 is 110 Å². The number of nitrogens with one attached hydrogen (secondary N) is 4. The van der Waals surface area contributed by atoms with E-state index in [1.54, 1.807) is 69.5 Å². The molecular formula is C80H96F9N25O21. The van der Waals surface area contributed by atoms with Crippen LogP contribution in [0.15, 0.2) is 19.2 Å². The number of piperazine rings is 4. The Balaban J connectivity index is 0.000000173. The van der Waals surface area contributed by atoms with Crippen LogP contribution in [0.5, 0.6) is 24.0 Å². The van der Waals surface area contributed by atoms with Crippen LogP contribution in [0.3, 0.4) is 0 Å². The number of fused-ring (bicyclic) bond motifs is 4. The number of cyclic esters (lactones) is 1. The third-order valence-corrected chi connectivity index (χ3v) is 21.3. The van der Waals surface area contributed by atoms with Crippen molar-refractivity contribution in [1.82, 2.24) is 97.7 Å². The standard InChI is InChI=1S/C20H26N6O4.C18H23N7O3.2C18H22N6O4.3C2HF3O2/c1-4-6-11-26-14-15(22-18(26)25-12-9-21-10-13-25)23-19(24(3)16(14)27)30-20(7-8-20)17(28)29-5-2;1-3-4-9-25-12-13(21-16(25)24-10-7-20-8-11-24)22-17(23(2)14(12)26)28-18(5-6-18)15(19)27;1-3-4-8-24-13-14(20-17(24)23-9-6-19-7-10-23)21-18(22(2)15(13)25)28-12-5-11-27-16(12)26;1-3-4-9-24-12-13(20-16(24)23-10-7-19-8-11-23)21-17(22(2)14(12)25)28-18(5-6-18)15(26)27;3*3-2(4,5)1(6)7/h21H,5,7-13H2,1-3H3;20H,5-11H2,1-2H3,(H2,19,27);12,19H,5-11H2,1-2H3;19H,5-11H2,1-2H3,(H,26,27);3*(H,6,7). The van der Waals surface area contributed by atoms with Gasteiger partial charge in [-0.15, -0.1) is 23.7 Å². The molecule has 5 saturated heterocycles. The average Bonchev–Trinajstić information content (AvgIpc) is 1.66. The molecule has 13 heterocycles. The van der Waals surface area contributed by atoms with Crippen LogP contribution in [0.4, 0.5) is 63.3 Å². The number of esters is 2. The number of primary amides is 1. The van der Waals surface area contributed by atoms with Gasteiger partial charge < -0.3 is 95.4 Å². The highest BCUT2D eigenvalue weighted by molar-refractivity contribution is 5.87. The molecule has 0 aromatic carbocycles. The molecule has 8 aromatic rings. The highest BCUT2D eigenvalue weighted by atomic mass is 19.4. The topological polar surface area (TPSA) is 554 Å². The van der Waals surface area contributed by atoms with Crippen LogP contribution < -0.4 is 87.8 Å². The first kappa shape index (κ1) is 103. The van der Waals surface area contributed by atoms with E-state index in [1.165, 1.54) is 25.3 Å². The minimum atomic E-state index is -5.08. The van der Waals surface area contributed by atoms with Gasteiger partial charge in [-0.25, -0.2) is 28.8 Å². The second-order valence-corrected chi connectivity index (χ2v) is 30.5. The van der Waals surface area contributed by atoms with Crippen molar-refractivity contribution in [2.24, 2.45) is 33.9 Å². The first-order chi connectivity index (χ1) is 63.9. The van der Waals surface area contributed by atoms with Gasteiger partial charge in [0.25, 0.3) is 28.1 Å². The molecule has 55 heteroatoms. The molecule has 8 aromatic heterocycles. The molecule has 1 unspecified atom stereocenters. The van der Waals surface area contributed by atoms with Crippen LogP contribution in [-0.4, -0.2) is 298 Å². The quantitative estimate of drug-likeness (QED) is 0.0269. The summed E-state index contributed by atoms with van der Waals surface area (Å²) in [6, 6.07) is 0.137. The molecule has 8 aliphatic rings. The Hall–Kier alpha value is -14.5. The van der Waals surface area contributed by atoms with Crippen LogP contribution in [-0.2, 0) is 97.4 Å². The van der Waals surface area contributed by atoms with Gasteiger partial charge in [-0.2, -0.15) is 79.4 Å². The molecule has 3 aliphatic carbocycles. The summed E-state index contributed by atoms with van der Waals surface area (Å²) in [5.74, 6) is 15.4. The van der Waals surface area contributed by atoms with E-state index in [0.717, 1.165) is 105 Å². The number of nitrogens with zero attached hydrogens (tertiary/aromatic N) is 20. The van der Waals surface area contributed by atoms with E-state index in [4.69, 9.17) is 63.9 Å². The lowest BCUT2D eigenvalue weighted by molar-refractivity contribution is -0.193. The molecule has 5 aliphatic heterocycles. The molecule has 8 fully saturated rings. The Kier molecular flexibility index (Phi) is 33.1. The molecule has 0 radical (unpaired) electrons. The van der Waals surface area contributed by atoms with Crippen LogP contribution >= 0.6 is 0 Å². The number of hydrogen-bond donors (Lipinski definition) is 9. The number of amides is 1. The largest absolute Gasteiger partial charge is 0.490 e. The average molecular weight is 1910 g/mol. The van der Waals surface area contributed by atoms with Gasteiger partial charge in [0.15, 0.2) is 50.3 Å². The molecule has 730 valence electrons. The van der Waals surface area contributed by atoms with Gasteiger partial charge in [-0.3, -0.25) is 60.5 Å². The molecule has 135 heavy (non-hydrogen) atoms. The van der Waals surface area contributed by atoms with E-state index in [2.05, 4.69) is 128 Å². The monoisotopic (exact) mass is 1910 g/mol. The van der Waals surface area contributed by atoms with Crippen molar-refractivity contribution in [3.8, 4) is 71.4 Å². The number of hydrogen-bond acceptors (Lipinski definition) is 33. The Morgan fingerprint density at radius 1 is 0.422 bits per heavy atom. The summed E-state index contributed by atoms with van der Waals surface area (Å²) in [6.45, 7) is 23.5. The Morgan fingerprint density at radius 3 is 0.896 bits per heavy atom. The number of carboxylic acid groups (broad SMARTS) is 4. The summed E-state index contributed by atoms with van der Waals surface area (Å²) in [4.78, 5) is 171. The maximum atomic E-state index is 13.2. The van der Waals surface area contributed by atoms with E-state index in [1.807, 2.05) is 4.57 Å². The maximum absolute atomic E-state index is 13.2. The Bertz CT molecular complexity index is 6080. The van der Waals surface area contributed by atoms with Gasteiger partial charge in [-0.1, -0.05) is 23.7 Å². The van der Waals surface area contributed by atoms with Gasteiger partial charge >= 0.3 is 78.4 Å². The number of carbonyl (C=O) groups is 7. The van der Waals surface area contributed by atoms with Crippen molar-refractivity contribution < 1.29 is 122 Å². The zero-order chi connectivity index (χ0) is 99.0. The van der Waals surface area contributed by atoms with E-state index in [0.29, 0.717) is 129 Å². The van der Waals surface area contributed by atoms with E-state index < -0.39 is 83.2 Å². The SMILES string of the molecule is CC#CCn1c(N2CCNCC2)nc2nc(OC3(C(=O)O)CC3)n(C)c(=O)c21.CC#CCn1c(N2CCNCC2)nc2nc(OC3(C(=O)OCC)CC3)n(C)c(=O)c21.CC#CCn1c(N2CCNCC2)nc2nc(OC3(C(N)=O)CC3)n(C)c(=O)c21.CC#CCn1c(N2CCNCC2)nc2nc(OC3CCOC3=O)n(C)c(=O)c21.O=C(O)C(F)(F)F.O=C(O)C(F)(F)F.O=C(O)C(F)(F)F. The summed E-state index contributed by atoms with van der Waals surface area (Å²) in [5.41, 5.74) is 3.36. The summed E-state index contributed by atoms with van der Waals surface area (Å²) < 4.78 is 141. The number of carbonyl (C=O) groups excluding carboxylic acids is 3. The maximum Gasteiger partial charge on any atom is 0.490 e. The van der Waals surface area contributed by atoms with Crippen molar-refractivity contribution in [2.45, 2.75) is 147 Å². The zero-order valence-corrected chi connectivity index (χ0v) is 74.2. The summed E-state index contributed by atoms with van der Waals surface area (Å²) in [5, 5.41) is 43.9. The lowest BCUT2D eigenvalue weighted by Gasteiger charge is -2.28. The fourth-order valence-electron chi connectivity index (χ4n) is 13.5. The minimum absolute atomic E-state index is 0.0320. The number of aromatic nitrogens is 16. The fraction of sp³-hybridized carbons (Fsp3) is 0.562. The highest BCUT2D eigenvalue weighted by Gasteiger charge is 2.57. The smallest absolute Gasteiger partial charge is 0.478 e. The summed E-state index contributed by atoms with van der Waals surface area (Å²) >= 11 is 0. The van der Waals surface area contributed by atoms with Gasteiger partial charge in [0.1, 0.15) is 0 Å². The van der Waals surface area contributed by atoms with Gasteiger partial charge in [0.2, 0.25) is 41.1 Å². The molecule has 0 spiro atoms. The number of carboxylic acids is 4. The summed E-state index contributed by atoms with van der Waals surface area (Å²) in [7, 11) is 6.24. The Labute approximate surface area is 758 Å². The number of anilines is 4. The van der Waals surface area contributed by atoms with Crippen molar-refractivity contribution in [3.05, 3.63) is 41.4 Å². The minimum Gasteiger partial charge on any atom is -0.478 e. The van der Waals surface area contributed by atoms with Crippen LogP contribution in [0.1, 0.15) is 79.6 Å². The molecular weight excluding hydrogens is 1820 g/mol. The molecule has 46 nitrogen and oxygen atoms in total. The predicted octanol–water partition coefficient (Wildman–Crippen LogP) is -0.287. The summed E-state index contributed by atoms with van der Waals surface area (Å²) in [6.07, 6.45) is -12.7. The fourth-order valence-corrected chi connectivity index (χ4v) is 13.5. The van der Waals surface area contributed by atoms with Gasteiger partial charge in [0, 0.05) is 178 Å². The van der Waals surface area contributed by atoms with Crippen LogP contribution in [0.2, 0.25) is 0 Å². The second kappa shape index (κ2) is 43.5. The highest BCUT2D eigenvalue weighted by Crippen LogP contribution is 2.43. The number of aliphatic carboxylic acids is 4. The van der Waals surface area contributed by atoms with E-state index in [9.17, 15) is 83.0 Å². The van der Waals surface area contributed by atoms with Crippen molar-refractivity contribution in [1.29, 1.82) is 0 Å². The first-order valence-electron chi connectivity index (χ1n) is 41.7. The van der Waals surface area contributed by atoms with E-state index in [-0.39, 0.29) is 69.8 Å². The number of imidazole rings is 4. The second-order valence-electron chi connectivity index (χ2n) is 30.5. The molecule has 1 amide bonds. The number of ether oxygens (including phenoxy) is 6. The third kappa shape index (κ3) is 24.3. The number of alkyl halides is 9. The van der Waals surface area contributed by atoms with Gasteiger partial charge in [0.05, 0.1) is 39.4 Å². The molecule has 3 saturated carbocycles. The van der Waals surface area contributed by atoms with Crippen molar-refractivity contribution in [3.63, 3.8) is 0 Å². The number of halogens is 9. The lowest BCUT2D eigenvalue weighted by atomic mass is 10.3. The third-order valence-electron chi connectivity index (χ3n) is 21.3. The van der Waals surface area contributed by atoms with Crippen LogP contribution in [0, 0.1) is 47.4 Å². The number of nitrogens with two attached hydrogens (primary N) is 1. The number of rotatable bonds is 20. The molecule has 0 bridgehead atoms. The van der Waals surface area contributed by atoms with Crippen molar-refractivity contribution in [2.75, 3.05) is 138 Å². The van der Waals surface area contributed by atoms with Gasteiger partial charge in [-0.05, 0) is 34.6 Å². The predicted molar refractivity (Wildman–Crippen MR) is 458 cm³/mol. The first-order valence-corrected chi connectivity index (χ1v) is 41.7. The molecule has 1 atom stereocenters.